The molecule has 0 N–H and O–H groups in total. The summed E-state index contributed by atoms with van der Waals surface area (Å²) in [5.74, 6) is 1.38. The van der Waals surface area contributed by atoms with Crippen molar-refractivity contribution in [3.8, 4) is 0 Å². The molecule has 0 bridgehead atoms. The maximum atomic E-state index is 13.4. The van der Waals surface area contributed by atoms with Gasteiger partial charge in [0.05, 0.1) is 5.41 Å². The average Bonchev–Trinajstić information content (AvgIpc) is 3.17. The Kier molecular flexibility index (Phi) is 3.88. The quantitative estimate of drug-likeness (QED) is 0.839. The Bertz CT molecular complexity index is 568. The molecule has 0 unspecified atom stereocenters. The third-order valence-corrected chi connectivity index (χ3v) is 6.17. The highest BCUT2D eigenvalue weighted by Crippen LogP contribution is 2.42. The summed E-state index contributed by atoms with van der Waals surface area (Å²) in [6, 6.07) is 6.52. The van der Waals surface area contributed by atoms with Crippen LogP contribution in [0.4, 0.5) is 4.39 Å². The van der Waals surface area contributed by atoms with Gasteiger partial charge in [0.2, 0.25) is 5.91 Å². The number of hydrogen-bond donors (Lipinski definition) is 0. The van der Waals surface area contributed by atoms with Crippen LogP contribution in [0.5, 0.6) is 0 Å². The fourth-order valence-electron chi connectivity index (χ4n) is 4.82. The molecule has 124 valence electrons. The lowest BCUT2D eigenvalue weighted by Gasteiger charge is -2.39. The van der Waals surface area contributed by atoms with Crippen LogP contribution in [-0.2, 0) is 14.9 Å². The van der Waals surface area contributed by atoms with Crippen LogP contribution < -0.4 is 0 Å². The van der Waals surface area contributed by atoms with Gasteiger partial charge in [-0.2, -0.15) is 0 Å². The number of carbonyl (C=O) groups excluding carboxylic acids is 1. The molecule has 1 aromatic carbocycles. The minimum Gasteiger partial charge on any atom is -0.381 e. The van der Waals surface area contributed by atoms with Crippen molar-refractivity contribution >= 4 is 5.91 Å². The number of carbonyl (C=O) groups is 1. The minimum atomic E-state index is -0.523. The highest BCUT2D eigenvalue weighted by molar-refractivity contribution is 5.88. The van der Waals surface area contributed by atoms with E-state index in [0.29, 0.717) is 37.9 Å². The van der Waals surface area contributed by atoms with E-state index in [2.05, 4.69) is 4.90 Å². The zero-order chi connectivity index (χ0) is 15.9. The molecule has 23 heavy (non-hydrogen) atoms. The first kappa shape index (κ1) is 15.1. The van der Waals surface area contributed by atoms with Gasteiger partial charge in [-0.1, -0.05) is 18.6 Å². The standard InChI is InChI=1S/C19H24FNO2/c20-17-6-4-16(5-7-17)19(8-10-23-11-9-19)18(22)21-12-14-2-1-3-15(14)13-21/h4-7,14-15H,1-3,8-13H2/t14-,15+. The van der Waals surface area contributed by atoms with Gasteiger partial charge in [-0.15, -0.1) is 0 Å². The lowest BCUT2D eigenvalue weighted by atomic mass is 9.73. The Morgan fingerprint density at radius 3 is 2.30 bits per heavy atom. The Morgan fingerprint density at radius 2 is 1.70 bits per heavy atom. The van der Waals surface area contributed by atoms with Crippen molar-refractivity contribution in [1.29, 1.82) is 0 Å². The predicted molar refractivity (Wildman–Crippen MR) is 85.5 cm³/mol. The molecule has 3 aliphatic rings. The van der Waals surface area contributed by atoms with Crippen molar-refractivity contribution in [2.45, 2.75) is 37.5 Å². The summed E-state index contributed by atoms with van der Waals surface area (Å²) < 4.78 is 18.8. The van der Waals surface area contributed by atoms with E-state index in [1.807, 2.05) is 0 Å². The van der Waals surface area contributed by atoms with Crippen molar-refractivity contribution in [1.82, 2.24) is 4.90 Å². The fraction of sp³-hybridized carbons (Fsp3) is 0.632. The molecular weight excluding hydrogens is 293 g/mol. The minimum absolute atomic E-state index is 0.238. The van der Waals surface area contributed by atoms with Gasteiger partial charge in [-0.25, -0.2) is 4.39 Å². The molecular formula is C19H24FNO2. The van der Waals surface area contributed by atoms with Crippen molar-refractivity contribution in [3.05, 3.63) is 35.6 Å². The van der Waals surface area contributed by atoms with Gasteiger partial charge in [-0.05, 0) is 55.2 Å². The molecule has 1 aliphatic carbocycles. The summed E-state index contributed by atoms with van der Waals surface area (Å²) in [6.45, 7) is 3.02. The molecule has 2 aliphatic heterocycles. The van der Waals surface area contributed by atoms with Crippen LogP contribution in [0.3, 0.4) is 0 Å². The van der Waals surface area contributed by atoms with Crippen LogP contribution in [0.2, 0.25) is 0 Å². The molecule has 3 nitrogen and oxygen atoms in total. The number of benzene rings is 1. The topological polar surface area (TPSA) is 29.5 Å². The second-order valence-electron chi connectivity index (χ2n) is 7.36. The van der Waals surface area contributed by atoms with E-state index in [-0.39, 0.29) is 11.7 Å². The maximum absolute atomic E-state index is 13.4. The van der Waals surface area contributed by atoms with Gasteiger partial charge in [0.25, 0.3) is 0 Å². The van der Waals surface area contributed by atoms with Crippen LogP contribution in [0, 0.1) is 17.7 Å². The first-order valence-electron chi connectivity index (χ1n) is 8.82. The predicted octanol–water partition coefficient (Wildman–Crippen LogP) is 3.13. The van der Waals surface area contributed by atoms with E-state index in [9.17, 15) is 9.18 Å². The average molecular weight is 317 g/mol. The van der Waals surface area contributed by atoms with Gasteiger partial charge in [0.15, 0.2) is 0 Å². The molecule has 3 fully saturated rings. The second kappa shape index (κ2) is 5.90. The number of ether oxygens (including phenoxy) is 1. The maximum Gasteiger partial charge on any atom is 0.233 e. The zero-order valence-corrected chi connectivity index (χ0v) is 13.5. The monoisotopic (exact) mass is 317 g/mol. The summed E-state index contributed by atoms with van der Waals surface area (Å²) >= 11 is 0. The molecule has 2 atom stereocenters. The number of hydrogen-bond acceptors (Lipinski definition) is 2. The molecule has 2 saturated heterocycles. The van der Waals surface area contributed by atoms with Crippen molar-refractivity contribution < 1.29 is 13.9 Å². The smallest absolute Gasteiger partial charge is 0.233 e. The molecule has 0 spiro atoms. The summed E-state index contributed by atoms with van der Waals surface area (Å²) in [5, 5.41) is 0. The van der Waals surface area contributed by atoms with E-state index >= 15 is 0 Å². The van der Waals surface area contributed by atoms with Crippen LogP contribution in [0.25, 0.3) is 0 Å². The third-order valence-electron chi connectivity index (χ3n) is 6.17. The van der Waals surface area contributed by atoms with Crippen molar-refractivity contribution in [2.24, 2.45) is 11.8 Å². The van der Waals surface area contributed by atoms with Gasteiger partial charge < -0.3 is 9.64 Å². The Balaban J connectivity index is 1.63. The highest BCUT2D eigenvalue weighted by Gasteiger charge is 2.47. The van der Waals surface area contributed by atoms with Crippen LogP contribution >= 0.6 is 0 Å². The molecule has 0 radical (unpaired) electrons. The van der Waals surface area contributed by atoms with E-state index in [4.69, 9.17) is 4.74 Å². The lowest BCUT2D eigenvalue weighted by Crippen LogP contribution is -2.49. The number of fused-ring (bicyclic) bond motifs is 1. The first-order chi connectivity index (χ1) is 11.2. The van der Waals surface area contributed by atoms with E-state index in [1.54, 1.807) is 12.1 Å². The van der Waals surface area contributed by atoms with Crippen molar-refractivity contribution in [3.63, 3.8) is 0 Å². The Labute approximate surface area is 136 Å². The molecule has 2 heterocycles. The van der Waals surface area contributed by atoms with E-state index in [0.717, 1.165) is 18.7 Å². The summed E-state index contributed by atoms with van der Waals surface area (Å²) in [5.41, 5.74) is 0.425. The Morgan fingerprint density at radius 1 is 1.09 bits per heavy atom. The second-order valence-corrected chi connectivity index (χ2v) is 7.36. The Hall–Kier alpha value is -1.42. The number of rotatable bonds is 2. The summed E-state index contributed by atoms with van der Waals surface area (Å²) in [7, 11) is 0. The number of likely N-dealkylation sites (tertiary alicyclic amines) is 1. The number of amides is 1. The largest absolute Gasteiger partial charge is 0.381 e. The van der Waals surface area contributed by atoms with E-state index < -0.39 is 5.41 Å². The lowest BCUT2D eigenvalue weighted by molar-refractivity contribution is -0.140. The SMILES string of the molecule is O=C(N1C[C@H]2CCC[C@H]2C1)C1(c2ccc(F)cc2)CCOCC1. The molecule has 4 heteroatoms. The molecule has 1 aromatic rings. The number of nitrogens with zero attached hydrogens (tertiary/aromatic N) is 1. The number of halogens is 1. The third kappa shape index (κ3) is 2.57. The van der Waals surface area contributed by atoms with Gasteiger partial charge in [0, 0.05) is 26.3 Å². The molecule has 0 aromatic heterocycles. The molecule has 1 amide bonds. The van der Waals surface area contributed by atoms with Gasteiger partial charge >= 0.3 is 0 Å². The van der Waals surface area contributed by atoms with Gasteiger partial charge in [0.1, 0.15) is 5.82 Å². The molecule has 4 rings (SSSR count). The van der Waals surface area contributed by atoms with Crippen LogP contribution in [-0.4, -0.2) is 37.1 Å². The normalized spacial score (nSPS) is 29.5. The summed E-state index contributed by atoms with van der Waals surface area (Å²) in [6.07, 6.45) is 5.24. The van der Waals surface area contributed by atoms with Crippen molar-refractivity contribution in [2.75, 3.05) is 26.3 Å². The van der Waals surface area contributed by atoms with Crippen LogP contribution in [0.15, 0.2) is 24.3 Å². The van der Waals surface area contributed by atoms with E-state index in [1.165, 1.54) is 31.4 Å². The zero-order valence-electron chi connectivity index (χ0n) is 13.5. The first-order valence-corrected chi connectivity index (χ1v) is 8.82. The highest BCUT2D eigenvalue weighted by atomic mass is 19.1. The van der Waals surface area contributed by atoms with Crippen LogP contribution in [0.1, 0.15) is 37.7 Å². The molecule has 1 saturated carbocycles. The van der Waals surface area contributed by atoms with Gasteiger partial charge in [-0.3, -0.25) is 4.79 Å². The summed E-state index contributed by atoms with van der Waals surface area (Å²) in [4.78, 5) is 15.5. The fourth-order valence-corrected chi connectivity index (χ4v) is 4.82.